The molecule has 0 radical (unpaired) electrons. The molecular formula is C13H22N2O2S. The van der Waals surface area contributed by atoms with Crippen LogP contribution in [0.5, 0.6) is 0 Å². The molecule has 5 heteroatoms. The highest BCUT2D eigenvalue weighted by atomic mass is 32.2. The van der Waals surface area contributed by atoms with E-state index < -0.39 is 4.75 Å². The zero-order chi connectivity index (χ0) is 13.3. The van der Waals surface area contributed by atoms with E-state index in [1.807, 2.05) is 6.92 Å². The third kappa shape index (κ3) is 2.72. The number of thioether (sulfide) groups is 1. The van der Waals surface area contributed by atoms with Gasteiger partial charge < -0.3 is 10.4 Å². The van der Waals surface area contributed by atoms with Crippen LogP contribution in [0.3, 0.4) is 0 Å². The molecule has 1 atom stereocenters. The number of carbonyl (C=O) groups is 1. The van der Waals surface area contributed by atoms with Gasteiger partial charge in [-0.05, 0) is 38.5 Å². The topological polar surface area (TPSA) is 61.7 Å². The lowest BCUT2D eigenvalue weighted by atomic mass is 9.94. The number of amides is 1. The molecular weight excluding hydrogens is 248 g/mol. The van der Waals surface area contributed by atoms with Crippen LogP contribution >= 0.6 is 11.8 Å². The van der Waals surface area contributed by atoms with Gasteiger partial charge >= 0.3 is 0 Å². The molecule has 0 bridgehead atoms. The summed E-state index contributed by atoms with van der Waals surface area (Å²) < 4.78 is -0.396. The minimum Gasteiger partial charge on any atom is -0.393 e. The summed E-state index contributed by atoms with van der Waals surface area (Å²) in [5.74, 6) is 0.348. The van der Waals surface area contributed by atoms with Gasteiger partial charge in [0.2, 0.25) is 5.91 Å². The van der Waals surface area contributed by atoms with Gasteiger partial charge in [-0.1, -0.05) is 25.6 Å². The molecule has 102 valence electrons. The van der Waals surface area contributed by atoms with Crippen molar-refractivity contribution in [2.24, 2.45) is 10.9 Å². The van der Waals surface area contributed by atoms with Crippen molar-refractivity contribution in [1.82, 2.24) is 5.32 Å². The van der Waals surface area contributed by atoms with Gasteiger partial charge in [-0.2, -0.15) is 0 Å². The molecule has 1 unspecified atom stereocenters. The maximum atomic E-state index is 12.0. The van der Waals surface area contributed by atoms with Gasteiger partial charge in [0.25, 0.3) is 0 Å². The quantitative estimate of drug-likeness (QED) is 0.806. The van der Waals surface area contributed by atoms with E-state index in [-0.39, 0.29) is 24.0 Å². The second-order valence-electron chi connectivity index (χ2n) is 5.71. The van der Waals surface area contributed by atoms with E-state index in [1.54, 1.807) is 11.8 Å². The smallest absolute Gasteiger partial charge is 0.242 e. The number of nitrogens with zero attached hydrogens (tertiary/aromatic N) is 1. The molecule has 2 aliphatic rings. The Morgan fingerprint density at radius 3 is 2.50 bits per heavy atom. The second-order valence-corrected chi connectivity index (χ2v) is 7.15. The number of amidine groups is 1. The van der Waals surface area contributed by atoms with E-state index in [1.165, 1.54) is 0 Å². The van der Waals surface area contributed by atoms with Crippen LogP contribution in [0.15, 0.2) is 4.99 Å². The van der Waals surface area contributed by atoms with Crippen LogP contribution in [-0.2, 0) is 4.79 Å². The van der Waals surface area contributed by atoms with Gasteiger partial charge in [-0.15, -0.1) is 0 Å². The predicted molar refractivity (Wildman–Crippen MR) is 74.7 cm³/mol. The molecule has 0 aromatic carbocycles. The molecule has 18 heavy (non-hydrogen) atoms. The highest BCUT2D eigenvalue weighted by Gasteiger charge is 2.45. The van der Waals surface area contributed by atoms with E-state index in [9.17, 15) is 9.90 Å². The molecule has 4 nitrogen and oxygen atoms in total. The summed E-state index contributed by atoms with van der Waals surface area (Å²) in [6.07, 6.45) is 3.32. The molecule has 2 N–H and O–H groups in total. The van der Waals surface area contributed by atoms with Crippen LogP contribution in [0.2, 0.25) is 0 Å². The Bertz CT molecular complexity index is 362. The van der Waals surface area contributed by atoms with Gasteiger partial charge in [-0.3, -0.25) is 9.79 Å². The van der Waals surface area contributed by atoms with Crippen molar-refractivity contribution in [3.63, 3.8) is 0 Å². The van der Waals surface area contributed by atoms with E-state index in [2.05, 4.69) is 24.2 Å². The van der Waals surface area contributed by atoms with Crippen molar-refractivity contribution < 1.29 is 9.90 Å². The largest absolute Gasteiger partial charge is 0.393 e. The molecule has 1 aliphatic heterocycles. The highest BCUT2D eigenvalue weighted by molar-refractivity contribution is 8.16. The minimum absolute atomic E-state index is 0.0668. The first kappa shape index (κ1) is 13.9. The lowest BCUT2D eigenvalue weighted by Gasteiger charge is -2.24. The molecule has 0 spiro atoms. The van der Waals surface area contributed by atoms with Gasteiger partial charge in [-0.25, -0.2) is 0 Å². The number of aliphatic hydroxyl groups is 1. The molecule has 0 aromatic rings. The monoisotopic (exact) mass is 270 g/mol. The van der Waals surface area contributed by atoms with Crippen LogP contribution < -0.4 is 5.32 Å². The van der Waals surface area contributed by atoms with Crippen LogP contribution in [0.25, 0.3) is 0 Å². The second kappa shape index (κ2) is 5.21. The molecule has 1 heterocycles. The number of hydrogen-bond donors (Lipinski definition) is 2. The first-order valence-electron chi connectivity index (χ1n) is 6.68. The number of rotatable bonds is 2. The Morgan fingerprint density at radius 1 is 1.39 bits per heavy atom. The Hall–Kier alpha value is -0.550. The maximum absolute atomic E-state index is 12.0. The fraction of sp³-hybridized carbons (Fsp3) is 0.846. The molecule has 2 fully saturated rings. The summed E-state index contributed by atoms with van der Waals surface area (Å²) >= 11 is 1.55. The van der Waals surface area contributed by atoms with E-state index in [0.717, 1.165) is 30.9 Å². The number of aliphatic hydroxyl groups excluding tert-OH is 1. The standard InChI is InChI=1S/C13H22N2O2S/c1-8(2)13(3)11(17)15-12(18-13)14-9-4-6-10(16)7-5-9/h8-10,16H,4-7H2,1-3H3,(H,14,15,17). The summed E-state index contributed by atoms with van der Waals surface area (Å²) in [6.45, 7) is 6.10. The van der Waals surface area contributed by atoms with Gasteiger partial charge in [0.1, 0.15) is 4.75 Å². The van der Waals surface area contributed by atoms with Crippen molar-refractivity contribution in [1.29, 1.82) is 0 Å². The number of hydrogen-bond acceptors (Lipinski definition) is 4. The van der Waals surface area contributed by atoms with Gasteiger partial charge in [0.15, 0.2) is 5.17 Å². The summed E-state index contributed by atoms with van der Waals surface area (Å²) in [5, 5.41) is 13.1. The fourth-order valence-corrected chi connectivity index (χ4v) is 3.41. The maximum Gasteiger partial charge on any atom is 0.242 e. The van der Waals surface area contributed by atoms with Crippen molar-refractivity contribution in [2.75, 3.05) is 0 Å². The average Bonchev–Trinajstić information content (AvgIpc) is 2.59. The molecule has 1 saturated heterocycles. The average molecular weight is 270 g/mol. The lowest BCUT2D eigenvalue weighted by Crippen LogP contribution is -2.38. The molecule has 0 aromatic heterocycles. The van der Waals surface area contributed by atoms with E-state index >= 15 is 0 Å². The summed E-state index contributed by atoms with van der Waals surface area (Å²) in [6, 6.07) is 0.255. The Balaban J connectivity index is 2.01. The van der Waals surface area contributed by atoms with Crippen molar-refractivity contribution in [3.05, 3.63) is 0 Å². The summed E-state index contributed by atoms with van der Waals surface area (Å²) in [5.41, 5.74) is 0. The molecule has 1 saturated carbocycles. The molecule has 1 aliphatic carbocycles. The van der Waals surface area contributed by atoms with Crippen molar-refractivity contribution in [3.8, 4) is 0 Å². The fourth-order valence-electron chi connectivity index (χ4n) is 2.29. The Morgan fingerprint density at radius 2 is 2.00 bits per heavy atom. The SMILES string of the molecule is CC(C)C1(C)SC(=NC2CCC(O)CC2)NC1=O. The Labute approximate surface area is 113 Å². The van der Waals surface area contributed by atoms with Gasteiger partial charge in [0.05, 0.1) is 12.1 Å². The third-order valence-electron chi connectivity index (χ3n) is 4.05. The van der Waals surface area contributed by atoms with Crippen LogP contribution in [0, 0.1) is 5.92 Å². The zero-order valence-electron chi connectivity index (χ0n) is 11.3. The highest BCUT2D eigenvalue weighted by Crippen LogP contribution is 2.38. The van der Waals surface area contributed by atoms with Crippen molar-refractivity contribution in [2.45, 2.75) is 63.3 Å². The summed E-state index contributed by atoms with van der Waals surface area (Å²) in [4.78, 5) is 16.6. The molecule has 1 amide bonds. The summed E-state index contributed by atoms with van der Waals surface area (Å²) in [7, 11) is 0. The van der Waals surface area contributed by atoms with E-state index in [0.29, 0.717) is 0 Å². The van der Waals surface area contributed by atoms with Crippen LogP contribution in [-0.4, -0.2) is 33.1 Å². The minimum atomic E-state index is -0.396. The first-order valence-corrected chi connectivity index (χ1v) is 7.50. The normalized spacial score (nSPS) is 39.4. The number of carbonyl (C=O) groups excluding carboxylic acids is 1. The molecule has 2 rings (SSSR count). The number of nitrogens with one attached hydrogen (secondary N) is 1. The van der Waals surface area contributed by atoms with E-state index in [4.69, 9.17) is 0 Å². The van der Waals surface area contributed by atoms with Crippen LogP contribution in [0.1, 0.15) is 46.5 Å². The Kier molecular flexibility index (Phi) is 4.02. The van der Waals surface area contributed by atoms with Crippen LogP contribution in [0.4, 0.5) is 0 Å². The lowest BCUT2D eigenvalue weighted by molar-refractivity contribution is -0.122. The van der Waals surface area contributed by atoms with Gasteiger partial charge in [0, 0.05) is 0 Å². The third-order valence-corrected chi connectivity index (χ3v) is 5.53. The first-order chi connectivity index (χ1) is 8.41. The predicted octanol–water partition coefficient (Wildman–Crippen LogP) is 1.92. The number of aliphatic imine (C=N–C) groups is 1. The zero-order valence-corrected chi connectivity index (χ0v) is 12.1. The van der Waals surface area contributed by atoms with Crippen molar-refractivity contribution >= 4 is 22.8 Å².